The molecule has 21 heavy (non-hydrogen) atoms. The highest BCUT2D eigenvalue weighted by molar-refractivity contribution is 5.43. The summed E-state index contributed by atoms with van der Waals surface area (Å²) in [5.74, 6) is 1.60. The molecule has 1 fully saturated rings. The Balaban J connectivity index is 2.34. The Morgan fingerprint density at radius 1 is 1.24 bits per heavy atom. The van der Waals surface area contributed by atoms with Crippen molar-refractivity contribution in [1.82, 2.24) is 4.90 Å². The van der Waals surface area contributed by atoms with Gasteiger partial charge in [-0.2, -0.15) is 0 Å². The summed E-state index contributed by atoms with van der Waals surface area (Å²) in [6.45, 7) is 6.76. The molecule has 1 saturated heterocycles. The fourth-order valence-electron chi connectivity index (χ4n) is 3.28. The van der Waals surface area contributed by atoms with Gasteiger partial charge >= 0.3 is 0 Å². The second kappa shape index (κ2) is 6.67. The predicted molar refractivity (Wildman–Crippen MR) is 86.0 cm³/mol. The third-order valence-electron chi connectivity index (χ3n) is 4.99. The molecule has 4 heteroatoms. The topological polar surface area (TPSA) is 47.7 Å². The minimum atomic E-state index is -0.0820. The number of hydrogen-bond acceptors (Lipinski definition) is 4. The summed E-state index contributed by atoms with van der Waals surface area (Å²) in [6, 6.07) is 5.82. The largest absolute Gasteiger partial charge is 0.497 e. The Morgan fingerprint density at radius 2 is 1.90 bits per heavy atom. The molecule has 0 aromatic heterocycles. The second-order valence-electron chi connectivity index (χ2n) is 5.99. The number of benzene rings is 1. The van der Waals surface area contributed by atoms with Crippen LogP contribution < -0.4 is 15.2 Å². The molecular formula is C17H28N2O2. The lowest BCUT2D eigenvalue weighted by Gasteiger charge is -2.43. The van der Waals surface area contributed by atoms with Crippen LogP contribution in [0.4, 0.5) is 0 Å². The smallest absolute Gasteiger partial charge is 0.127 e. The summed E-state index contributed by atoms with van der Waals surface area (Å²) < 4.78 is 10.8. The Morgan fingerprint density at radius 3 is 2.43 bits per heavy atom. The number of methoxy groups -OCH3 is 2. The van der Waals surface area contributed by atoms with Crippen molar-refractivity contribution >= 4 is 0 Å². The number of nitrogens with zero attached hydrogens (tertiary/aromatic N) is 1. The molecule has 1 aromatic carbocycles. The zero-order valence-corrected chi connectivity index (χ0v) is 13.7. The van der Waals surface area contributed by atoms with Crippen LogP contribution in [-0.4, -0.2) is 37.7 Å². The van der Waals surface area contributed by atoms with Gasteiger partial charge in [0.1, 0.15) is 11.5 Å². The maximum atomic E-state index is 6.67. The van der Waals surface area contributed by atoms with Gasteiger partial charge in [0, 0.05) is 17.2 Å². The first kappa shape index (κ1) is 16.1. The van der Waals surface area contributed by atoms with E-state index in [4.69, 9.17) is 15.2 Å². The molecule has 2 N–H and O–H groups in total. The lowest BCUT2D eigenvalue weighted by atomic mass is 9.83. The molecule has 0 bridgehead atoms. The first-order chi connectivity index (χ1) is 10.1. The fraction of sp³-hybridized carbons (Fsp3) is 0.647. The minimum absolute atomic E-state index is 0.0433. The van der Waals surface area contributed by atoms with Gasteiger partial charge in [0.15, 0.2) is 0 Å². The Labute approximate surface area is 128 Å². The predicted octanol–water partition coefficient (Wildman–Crippen LogP) is 2.97. The van der Waals surface area contributed by atoms with E-state index in [1.165, 1.54) is 12.8 Å². The summed E-state index contributed by atoms with van der Waals surface area (Å²) in [7, 11) is 3.35. The molecular weight excluding hydrogens is 264 g/mol. The molecule has 1 aromatic rings. The van der Waals surface area contributed by atoms with Crippen LogP contribution in [0, 0.1) is 0 Å². The van der Waals surface area contributed by atoms with Crippen molar-refractivity contribution in [2.45, 2.75) is 44.7 Å². The number of rotatable bonds is 6. The average molecular weight is 292 g/mol. The van der Waals surface area contributed by atoms with E-state index in [0.717, 1.165) is 36.6 Å². The van der Waals surface area contributed by atoms with Crippen LogP contribution in [0.25, 0.3) is 0 Å². The van der Waals surface area contributed by atoms with E-state index < -0.39 is 0 Å². The molecule has 2 atom stereocenters. The van der Waals surface area contributed by atoms with Crippen LogP contribution >= 0.6 is 0 Å². The van der Waals surface area contributed by atoms with Gasteiger partial charge in [0.2, 0.25) is 0 Å². The van der Waals surface area contributed by atoms with Gasteiger partial charge in [-0.3, -0.25) is 4.90 Å². The van der Waals surface area contributed by atoms with E-state index in [1.54, 1.807) is 14.2 Å². The molecule has 0 amide bonds. The Bertz CT molecular complexity index is 472. The molecule has 0 spiro atoms. The van der Waals surface area contributed by atoms with Crippen LogP contribution in [0.3, 0.4) is 0 Å². The molecule has 2 rings (SSSR count). The van der Waals surface area contributed by atoms with Crippen LogP contribution in [0.1, 0.15) is 44.7 Å². The van der Waals surface area contributed by atoms with Crippen LogP contribution in [-0.2, 0) is 0 Å². The highest BCUT2D eigenvalue weighted by atomic mass is 16.5. The highest BCUT2D eigenvalue weighted by Crippen LogP contribution is 2.39. The van der Waals surface area contributed by atoms with Gasteiger partial charge < -0.3 is 15.2 Å². The fourth-order valence-corrected chi connectivity index (χ4v) is 3.28. The maximum Gasteiger partial charge on any atom is 0.127 e. The van der Waals surface area contributed by atoms with Crippen molar-refractivity contribution in [3.63, 3.8) is 0 Å². The van der Waals surface area contributed by atoms with E-state index in [-0.39, 0.29) is 11.6 Å². The minimum Gasteiger partial charge on any atom is -0.497 e. The molecule has 0 saturated carbocycles. The normalized spacial score (nSPS) is 20.0. The number of nitrogens with two attached hydrogens (primary N) is 1. The number of ether oxygens (including phenoxy) is 2. The molecule has 2 unspecified atom stereocenters. The molecule has 1 aliphatic heterocycles. The third-order valence-corrected chi connectivity index (χ3v) is 4.99. The monoisotopic (exact) mass is 292 g/mol. The van der Waals surface area contributed by atoms with Gasteiger partial charge in [0.05, 0.1) is 20.3 Å². The lowest BCUT2D eigenvalue weighted by molar-refractivity contribution is 0.0989. The van der Waals surface area contributed by atoms with E-state index in [1.807, 2.05) is 18.2 Å². The van der Waals surface area contributed by atoms with E-state index in [2.05, 4.69) is 18.7 Å². The standard InChI is InChI=1S/C17H28N2O2/c1-5-17(2,19-10-6-7-11-19)16(18)14-9-8-13(20-3)12-15(14)21-4/h8-9,12,16H,5-7,10-11,18H2,1-4H3. The Hall–Kier alpha value is -1.26. The van der Waals surface area contributed by atoms with E-state index in [0.29, 0.717) is 0 Å². The number of likely N-dealkylation sites (tertiary alicyclic amines) is 1. The Kier molecular flexibility index (Phi) is 5.12. The summed E-state index contributed by atoms with van der Waals surface area (Å²) in [5.41, 5.74) is 7.68. The third kappa shape index (κ3) is 3.01. The van der Waals surface area contributed by atoms with Gasteiger partial charge in [-0.1, -0.05) is 13.0 Å². The van der Waals surface area contributed by atoms with Crippen LogP contribution in [0.15, 0.2) is 18.2 Å². The second-order valence-corrected chi connectivity index (χ2v) is 5.99. The van der Waals surface area contributed by atoms with Gasteiger partial charge in [-0.15, -0.1) is 0 Å². The maximum absolute atomic E-state index is 6.67. The van der Waals surface area contributed by atoms with Crippen molar-refractivity contribution in [2.75, 3.05) is 27.3 Å². The van der Waals surface area contributed by atoms with Crippen LogP contribution in [0.5, 0.6) is 11.5 Å². The van der Waals surface area contributed by atoms with Crippen molar-refractivity contribution in [1.29, 1.82) is 0 Å². The zero-order chi connectivity index (χ0) is 15.5. The molecule has 0 aliphatic carbocycles. The summed E-state index contributed by atoms with van der Waals surface area (Å²) in [4.78, 5) is 2.53. The molecule has 118 valence electrons. The van der Waals surface area contributed by atoms with Crippen molar-refractivity contribution in [2.24, 2.45) is 5.73 Å². The lowest BCUT2D eigenvalue weighted by Crippen LogP contribution is -2.51. The first-order valence-corrected chi connectivity index (χ1v) is 7.79. The SMILES string of the molecule is CCC(C)(C(N)c1ccc(OC)cc1OC)N1CCCC1. The number of hydrogen-bond donors (Lipinski definition) is 1. The average Bonchev–Trinajstić information content (AvgIpc) is 3.07. The van der Waals surface area contributed by atoms with Gasteiger partial charge in [-0.25, -0.2) is 0 Å². The first-order valence-electron chi connectivity index (χ1n) is 7.79. The summed E-state index contributed by atoms with van der Waals surface area (Å²) >= 11 is 0. The zero-order valence-electron chi connectivity index (χ0n) is 13.7. The van der Waals surface area contributed by atoms with Crippen molar-refractivity contribution < 1.29 is 9.47 Å². The van der Waals surface area contributed by atoms with Crippen molar-refractivity contribution in [3.05, 3.63) is 23.8 Å². The summed E-state index contributed by atoms with van der Waals surface area (Å²) in [5, 5.41) is 0. The molecule has 4 nitrogen and oxygen atoms in total. The molecule has 1 aliphatic rings. The van der Waals surface area contributed by atoms with Crippen LogP contribution in [0.2, 0.25) is 0 Å². The molecule has 0 radical (unpaired) electrons. The van der Waals surface area contributed by atoms with E-state index in [9.17, 15) is 0 Å². The summed E-state index contributed by atoms with van der Waals surface area (Å²) in [6.07, 6.45) is 3.55. The van der Waals surface area contributed by atoms with E-state index >= 15 is 0 Å². The quantitative estimate of drug-likeness (QED) is 0.875. The van der Waals surface area contributed by atoms with Gasteiger partial charge in [-0.05, 0) is 45.3 Å². The van der Waals surface area contributed by atoms with Gasteiger partial charge in [0.25, 0.3) is 0 Å². The highest BCUT2D eigenvalue weighted by Gasteiger charge is 2.39. The molecule has 1 heterocycles. The van der Waals surface area contributed by atoms with Crippen molar-refractivity contribution in [3.8, 4) is 11.5 Å².